The molecule has 0 unspecified atom stereocenters. The Balaban J connectivity index is 2.21. The SMILES string of the molecule is Oc1ccc(-c2n[nH]c3ccsc23)cc1. The molecule has 0 amide bonds. The van der Waals surface area contributed by atoms with Crippen LogP contribution in [0.1, 0.15) is 0 Å². The summed E-state index contributed by atoms with van der Waals surface area (Å²) >= 11 is 1.66. The van der Waals surface area contributed by atoms with Crippen LogP contribution >= 0.6 is 11.3 Å². The minimum atomic E-state index is 0.275. The third kappa shape index (κ3) is 1.30. The number of benzene rings is 1. The predicted octanol–water partition coefficient (Wildman–Crippen LogP) is 3.00. The molecule has 0 aliphatic heterocycles. The smallest absolute Gasteiger partial charge is 0.115 e. The zero-order valence-electron chi connectivity index (χ0n) is 7.77. The molecule has 1 aromatic carbocycles. The molecule has 3 aromatic rings. The van der Waals surface area contributed by atoms with Crippen LogP contribution < -0.4 is 0 Å². The number of nitrogens with zero attached hydrogens (tertiary/aromatic N) is 1. The van der Waals surface area contributed by atoms with Crippen molar-refractivity contribution in [2.45, 2.75) is 0 Å². The highest BCUT2D eigenvalue weighted by Gasteiger charge is 2.08. The van der Waals surface area contributed by atoms with E-state index in [1.165, 1.54) is 0 Å². The van der Waals surface area contributed by atoms with Crippen LogP contribution in [-0.4, -0.2) is 15.3 Å². The molecular formula is C11H8N2OS. The van der Waals surface area contributed by atoms with E-state index in [1.807, 2.05) is 23.6 Å². The molecule has 74 valence electrons. The number of phenolic OH excluding ortho intramolecular Hbond substituents is 1. The van der Waals surface area contributed by atoms with Crippen LogP contribution in [0.3, 0.4) is 0 Å². The standard InChI is InChI=1S/C11H8N2OS/c14-8-3-1-7(2-4-8)10-11-9(12-13-10)5-6-15-11/h1-6,14H,(H,12,13). The average Bonchev–Trinajstić information content (AvgIpc) is 2.80. The van der Waals surface area contributed by atoms with E-state index in [-0.39, 0.29) is 5.75 Å². The maximum atomic E-state index is 9.20. The van der Waals surface area contributed by atoms with Crippen LogP contribution in [0.25, 0.3) is 21.5 Å². The van der Waals surface area contributed by atoms with Crippen LogP contribution in [0.5, 0.6) is 5.75 Å². The van der Waals surface area contributed by atoms with Gasteiger partial charge < -0.3 is 5.11 Å². The molecule has 0 spiro atoms. The second-order valence-corrected chi connectivity index (χ2v) is 4.20. The predicted molar refractivity (Wildman–Crippen MR) is 61.1 cm³/mol. The lowest BCUT2D eigenvalue weighted by atomic mass is 10.1. The van der Waals surface area contributed by atoms with Crippen LogP contribution in [0.2, 0.25) is 0 Å². The van der Waals surface area contributed by atoms with Gasteiger partial charge in [-0.25, -0.2) is 0 Å². The molecule has 15 heavy (non-hydrogen) atoms. The van der Waals surface area contributed by atoms with E-state index >= 15 is 0 Å². The fourth-order valence-electron chi connectivity index (χ4n) is 1.56. The van der Waals surface area contributed by atoms with Gasteiger partial charge in [0, 0.05) is 5.56 Å². The highest BCUT2D eigenvalue weighted by molar-refractivity contribution is 7.17. The zero-order chi connectivity index (χ0) is 10.3. The number of nitrogens with one attached hydrogen (secondary N) is 1. The number of aromatic amines is 1. The number of aromatic nitrogens is 2. The minimum absolute atomic E-state index is 0.275. The number of hydrogen-bond donors (Lipinski definition) is 2. The van der Waals surface area contributed by atoms with Crippen LogP contribution in [-0.2, 0) is 0 Å². The van der Waals surface area contributed by atoms with Crippen molar-refractivity contribution < 1.29 is 5.11 Å². The van der Waals surface area contributed by atoms with Crippen molar-refractivity contribution in [3.63, 3.8) is 0 Å². The van der Waals surface area contributed by atoms with Crippen LogP contribution in [0.15, 0.2) is 35.7 Å². The van der Waals surface area contributed by atoms with E-state index in [0.29, 0.717) is 0 Å². The Labute approximate surface area is 90.0 Å². The van der Waals surface area contributed by atoms with Gasteiger partial charge in [0.05, 0.1) is 10.2 Å². The number of H-pyrrole nitrogens is 1. The number of fused-ring (bicyclic) bond motifs is 1. The highest BCUT2D eigenvalue weighted by atomic mass is 32.1. The van der Waals surface area contributed by atoms with Gasteiger partial charge in [-0.2, -0.15) is 5.10 Å². The first-order chi connectivity index (χ1) is 7.34. The summed E-state index contributed by atoms with van der Waals surface area (Å²) in [5.74, 6) is 0.275. The molecule has 0 saturated carbocycles. The Hall–Kier alpha value is -1.81. The molecule has 0 radical (unpaired) electrons. The van der Waals surface area contributed by atoms with E-state index in [1.54, 1.807) is 23.5 Å². The number of aromatic hydroxyl groups is 1. The molecule has 0 atom stereocenters. The molecule has 2 N–H and O–H groups in total. The van der Waals surface area contributed by atoms with Crippen molar-refractivity contribution >= 4 is 21.6 Å². The molecule has 3 nitrogen and oxygen atoms in total. The lowest BCUT2D eigenvalue weighted by Gasteiger charge is -1.96. The molecule has 0 aliphatic rings. The lowest BCUT2D eigenvalue weighted by molar-refractivity contribution is 0.475. The van der Waals surface area contributed by atoms with Crippen molar-refractivity contribution in [1.82, 2.24) is 10.2 Å². The van der Waals surface area contributed by atoms with Gasteiger partial charge in [-0.15, -0.1) is 11.3 Å². The third-order valence-electron chi connectivity index (χ3n) is 2.31. The summed E-state index contributed by atoms with van der Waals surface area (Å²) in [6.45, 7) is 0. The van der Waals surface area contributed by atoms with E-state index in [9.17, 15) is 5.11 Å². The monoisotopic (exact) mass is 216 g/mol. The van der Waals surface area contributed by atoms with Gasteiger partial charge in [0.25, 0.3) is 0 Å². The molecule has 2 aromatic heterocycles. The normalized spacial score (nSPS) is 10.9. The summed E-state index contributed by atoms with van der Waals surface area (Å²) in [6, 6.07) is 9.08. The average molecular weight is 216 g/mol. The van der Waals surface area contributed by atoms with Crippen LogP contribution in [0.4, 0.5) is 0 Å². The highest BCUT2D eigenvalue weighted by Crippen LogP contribution is 2.30. The number of phenols is 1. The molecule has 0 bridgehead atoms. The second-order valence-electron chi connectivity index (χ2n) is 3.28. The Morgan fingerprint density at radius 1 is 1.13 bits per heavy atom. The maximum absolute atomic E-state index is 9.20. The van der Waals surface area contributed by atoms with E-state index < -0.39 is 0 Å². The van der Waals surface area contributed by atoms with Crippen molar-refractivity contribution in [3.05, 3.63) is 35.7 Å². The van der Waals surface area contributed by atoms with Gasteiger partial charge in [-0.05, 0) is 35.7 Å². The zero-order valence-corrected chi connectivity index (χ0v) is 8.58. The molecular weight excluding hydrogens is 208 g/mol. The minimum Gasteiger partial charge on any atom is -0.508 e. The summed E-state index contributed by atoms with van der Waals surface area (Å²) in [4.78, 5) is 0. The number of thiophene rings is 1. The van der Waals surface area contributed by atoms with Crippen molar-refractivity contribution in [3.8, 4) is 17.0 Å². The first-order valence-corrected chi connectivity index (χ1v) is 5.43. The fraction of sp³-hybridized carbons (Fsp3) is 0. The van der Waals surface area contributed by atoms with Gasteiger partial charge in [0.1, 0.15) is 11.4 Å². The van der Waals surface area contributed by atoms with Gasteiger partial charge in [0.2, 0.25) is 0 Å². The Bertz CT molecular complexity index is 594. The Kier molecular flexibility index (Phi) is 1.76. The van der Waals surface area contributed by atoms with Gasteiger partial charge >= 0.3 is 0 Å². The maximum Gasteiger partial charge on any atom is 0.115 e. The Morgan fingerprint density at radius 2 is 1.93 bits per heavy atom. The van der Waals surface area contributed by atoms with Gasteiger partial charge in [-0.3, -0.25) is 5.10 Å². The molecule has 2 heterocycles. The first-order valence-electron chi connectivity index (χ1n) is 4.55. The van der Waals surface area contributed by atoms with Crippen LogP contribution in [0, 0.1) is 0 Å². The van der Waals surface area contributed by atoms with E-state index in [0.717, 1.165) is 21.5 Å². The third-order valence-corrected chi connectivity index (χ3v) is 3.23. The topological polar surface area (TPSA) is 48.9 Å². The van der Waals surface area contributed by atoms with E-state index in [2.05, 4.69) is 10.2 Å². The molecule has 0 saturated heterocycles. The van der Waals surface area contributed by atoms with Crippen molar-refractivity contribution in [2.75, 3.05) is 0 Å². The second kappa shape index (κ2) is 3.10. The quantitative estimate of drug-likeness (QED) is 0.657. The first kappa shape index (κ1) is 8.49. The molecule has 0 fully saturated rings. The summed E-state index contributed by atoms with van der Waals surface area (Å²) in [5, 5.41) is 18.5. The van der Waals surface area contributed by atoms with Gasteiger partial charge in [0.15, 0.2) is 0 Å². The summed E-state index contributed by atoms with van der Waals surface area (Å²) in [6.07, 6.45) is 0. The number of hydrogen-bond acceptors (Lipinski definition) is 3. The molecule has 0 aliphatic carbocycles. The summed E-state index contributed by atoms with van der Waals surface area (Å²) < 4.78 is 1.15. The summed E-state index contributed by atoms with van der Waals surface area (Å²) in [5.41, 5.74) is 3.02. The fourth-order valence-corrected chi connectivity index (χ4v) is 2.42. The van der Waals surface area contributed by atoms with Crippen molar-refractivity contribution in [2.24, 2.45) is 0 Å². The lowest BCUT2D eigenvalue weighted by Crippen LogP contribution is -1.77. The van der Waals surface area contributed by atoms with E-state index in [4.69, 9.17) is 0 Å². The molecule has 4 heteroatoms. The van der Waals surface area contributed by atoms with Gasteiger partial charge in [-0.1, -0.05) is 0 Å². The Morgan fingerprint density at radius 3 is 2.73 bits per heavy atom. The van der Waals surface area contributed by atoms with Crippen molar-refractivity contribution in [1.29, 1.82) is 0 Å². The molecule has 3 rings (SSSR count). The number of rotatable bonds is 1. The largest absolute Gasteiger partial charge is 0.508 e. The summed E-state index contributed by atoms with van der Waals surface area (Å²) in [7, 11) is 0.